The van der Waals surface area contributed by atoms with Crippen LogP contribution in [-0.4, -0.2) is 42.1 Å². The number of carbonyl (C=O) groups excluding carboxylic acids is 1. The number of fused-ring (bicyclic) bond motifs is 1. The van der Waals surface area contributed by atoms with Crippen LogP contribution in [-0.2, 0) is 11.2 Å². The fourth-order valence-electron chi connectivity index (χ4n) is 3.03. The molecule has 0 saturated carbocycles. The molecule has 2 heterocycles. The van der Waals surface area contributed by atoms with Crippen LogP contribution in [0.5, 0.6) is 5.75 Å². The molecule has 0 radical (unpaired) electrons. The maximum absolute atomic E-state index is 12.5. The van der Waals surface area contributed by atoms with Gasteiger partial charge in [-0.1, -0.05) is 18.2 Å². The van der Waals surface area contributed by atoms with Crippen molar-refractivity contribution in [1.29, 1.82) is 0 Å². The monoisotopic (exact) mass is 260 g/mol. The molecule has 4 heteroatoms. The zero-order valence-corrected chi connectivity index (χ0v) is 11.4. The average molecular weight is 260 g/mol. The summed E-state index contributed by atoms with van der Waals surface area (Å²) in [4.78, 5) is 14.5. The van der Waals surface area contributed by atoms with Crippen LogP contribution < -0.4 is 10.1 Å². The van der Waals surface area contributed by atoms with E-state index in [-0.39, 0.29) is 12.0 Å². The van der Waals surface area contributed by atoms with E-state index < -0.39 is 0 Å². The highest BCUT2D eigenvalue weighted by Crippen LogP contribution is 2.29. The van der Waals surface area contributed by atoms with Gasteiger partial charge in [-0.15, -0.1) is 0 Å². The Kier molecular flexibility index (Phi) is 3.19. The second-order valence-electron chi connectivity index (χ2n) is 5.63. The minimum absolute atomic E-state index is 0.122. The molecule has 3 atom stereocenters. The topological polar surface area (TPSA) is 41.6 Å². The third-order valence-electron chi connectivity index (χ3n) is 3.79. The van der Waals surface area contributed by atoms with Gasteiger partial charge in [0.25, 0.3) is 5.91 Å². The molecule has 1 aromatic carbocycles. The van der Waals surface area contributed by atoms with E-state index in [9.17, 15) is 4.79 Å². The molecule has 0 unspecified atom stereocenters. The summed E-state index contributed by atoms with van der Waals surface area (Å²) < 4.78 is 5.78. The molecule has 2 aliphatic heterocycles. The summed E-state index contributed by atoms with van der Waals surface area (Å²) in [5, 5.41) is 3.44. The van der Waals surface area contributed by atoms with E-state index in [4.69, 9.17) is 4.74 Å². The maximum Gasteiger partial charge on any atom is 0.264 e. The van der Waals surface area contributed by atoms with E-state index in [0.717, 1.165) is 24.4 Å². The molecular formula is C15H20N2O2. The van der Waals surface area contributed by atoms with Crippen molar-refractivity contribution in [2.75, 3.05) is 13.1 Å². The zero-order chi connectivity index (χ0) is 13.4. The highest BCUT2D eigenvalue weighted by atomic mass is 16.5. The second kappa shape index (κ2) is 4.85. The molecule has 1 amide bonds. The minimum Gasteiger partial charge on any atom is -0.480 e. The third kappa shape index (κ3) is 2.45. The van der Waals surface area contributed by atoms with Gasteiger partial charge in [-0.25, -0.2) is 0 Å². The lowest BCUT2D eigenvalue weighted by molar-refractivity contribution is -0.139. The van der Waals surface area contributed by atoms with E-state index >= 15 is 0 Å². The summed E-state index contributed by atoms with van der Waals surface area (Å²) in [6.45, 7) is 5.75. The van der Waals surface area contributed by atoms with Crippen molar-refractivity contribution in [3.63, 3.8) is 0 Å². The van der Waals surface area contributed by atoms with Gasteiger partial charge in [0.15, 0.2) is 6.10 Å². The number of rotatable bonds is 1. The number of piperazine rings is 1. The van der Waals surface area contributed by atoms with Gasteiger partial charge < -0.3 is 15.0 Å². The van der Waals surface area contributed by atoms with Crippen molar-refractivity contribution in [1.82, 2.24) is 10.2 Å². The molecule has 0 spiro atoms. The van der Waals surface area contributed by atoms with Gasteiger partial charge in [0, 0.05) is 31.6 Å². The number of para-hydroxylation sites is 1. The molecule has 4 nitrogen and oxygen atoms in total. The number of nitrogens with zero attached hydrogens (tertiary/aromatic N) is 1. The molecule has 1 saturated heterocycles. The zero-order valence-electron chi connectivity index (χ0n) is 11.4. The SMILES string of the molecule is C[C@@H]1CN(C(=O)[C@@H]2Cc3ccccc3O2)C[C@H](C)N1. The lowest BCUT2D eigenvalue weighted by atomic mass is 10.1. The fourth-order valence-corrected chi connectivity index (χ4v) is 3.03. The Morgan fingerprint density at radius 3 is 2.63 bits per heavy atom. The summed E-state index contributed by atoms with van der Waals surface area (Å²) in [6.07, 6.45) is 0.358. The molecule has 0 aliphatic carbocycles. The molecule has 1 fully saturated rings. The Balaban J connectivity index is 1.69. The van der Waals surface area contributed by atoms with E-state index in [0.29, 0.717) is 18.5 Å². The van der Waals surface area contributed by atoms with Gasteiger partial charge in [0.05, 0.1) is 0 Å². The first-order valence-electron chi connectivity index (χ1n) is 6.93. The molecule has 19 heavy (non-hydrogen) atoms. The number of nitrogens with one attached hydrogen (secondary N) is 1. The minimum atomic E-state index is -0.338. The lowest BCUT2D eigenvalue weighted by Crippen LogP contribution is -2.58. The van der Waals surface area contributed by atoms with Crippen molar-refractivity contribution in [3.8, 4) is 5.75 Å². The first-order valence-corrected chi connectivity index (χ1v) is 6.93. The van der Waals surface area contributed by atoms with E-state index in [1.807, 2.05) is 29.2 Å². The van der Waals surface area contributed by atoms with Crippen LogP contribution in [0.4, 0.5) is 0 Å². The Morgan fingerprint density at radius 2 is 1.95 bits per heavy atom. The molecule has 2 aliphatic rings. The molecule has 102 valence electrons. The molecule has 0 bridgehead atoms. The van der Waals surface area contributed by atoms with E-state index in [2.05, 4.69) is 19.2 Å². The molecular weight excluding hydrogens is 240 g/mol. The number of amides is 1. The predicted octanol–water partition coefficient (Wildman–Crippen LogP) is 1.20. The largest absolute Gasteiger partial charge is 0.480 e. The van der Waals surface area contributed by atoms with Crippen LogP contribution >= 0.6 is 0 Å². The van der Waals surface area contributed by atoms with Crippen LogP contribution in [0.25, 0.3) is 0 Å². The first kappa shape index (κ1) is 12.5. The summed E-state index contributed by atoms with van der Waals surface area (Å²) in [5.41, 5.74) is 1.14. The number of hydrogen-bond donors (Lipinski definition) is 1. The highest BCUT2D eigenvalue weighted by molar-refractivity contribution is 5.82. The fraction of sp³-hybridized carbons (Fsp3) is 0.533. The van der Waals surface area contributed by atoms with Crippen LogP contribution in [0, 0.1) is 0 Å². The Morgan fingerprint density at radius 1 is 1.26 bits per heavy atom. The standard InChI is InChI=1S/C15H20N2O2/c1-10-8-17(9-11(2)16-10)15(18)14-7-12-5-3-4-6-13(12)19-14/h3-6,10-11,14,16H,7-9H2,1-2H3/t10-,11+,14-/m0/s1. The number of ether oxygens (including phenoxy) is 1. The van der Waals surface area contributed by atoms with Crippen LogP contribution in [0.3, 0.4) is 0 Å². The lowest BCUT2D eigenvalue weighted by Gasteiger charge is -2.37. The quantitative estimate of drug-likeness (QED) is 0.825. The molecule has 1 N–H and O–H groups in total. The van der Waals surface area contributed by atoms with Gasteiger partial charge in [-0.05, 0) is 25.5 Å². The third-order valence-corrected chi connectivity index (χ3v) is 3.79. The predicted molar refractivity (Wildman–Crippen MR) is 73.2 cm³/mol. The van der Waals surface area contributed by atoms with Gasteiger partial charge >= 0.3 is 0 Å². The summed E-state index contributed by atoms with van der Waals surface area (Å²) in [6, 6.07) is 8.59. The van der Waals surface area contributed by atoms with Crippen LogP contribution in [0.1, 0.15) is 19.4 Å². The van der Waals surface area contributed by atoms with Crippen molar-refractivity contribution in [3.05, 3.63) is 29.8 Å². The summed E-state index contributed by atoms with van der Waals surface area (Å²) in [5.74, 6) is 0.980. The van der Waals surface area contributed by atoms with Gasteiger partial charge in [-0.2, -0.15) is 0 Å². The molecule has 1 aromatic rings. The van der Waals surface area contributed by atoms with Gasteiger partial charge in [0.1, 0.15) is 5.75 Å². The van der Waals surface area contributed by atoms with Crippen molar-refractivity contribution < 1.29 is 9.53 Å². The number of benzene rings is 1. The average Bonchev–Trinajstić information content (AvgIpc) is 2.80. The van der Waals surface area contributed by atoms with Crippen LogP contribution in [0.15, 0.2) is 24.3 Å². The molecule has 3 rings (SSSR count). The van der Waals surface area contributed by atoms with E-state index in [1.54, 1.807) is 0 Å². The Labute approximate surface area is 113 Å². The number of hydrogen-bond acceptors (Lipinski definition) is 3. The summed E-state index contributed by atoms with van der Waals surface area (Å²) in [7, 11) is 0. The summed E-state index contributed by atoms with van der Waals surface area (Å²) >= 11 is 0. The number of carbonyl (C=O) groups is 1. The maximum atomic E-state index is 12.5. The van der Waals surface area contributed by atoms with Gasteiger partial charge in [-0.3, -0.25) is 4.79 Å². The van der Waals surface area contributed by atoms with E-state index in [1.165, 1.54) is 0 Å². The first-order chi connectivity index (χ1) is 9.13. The smallest absolute Gasteiger partial charge is 0.264 e. The Bertz CT molecular complexity index is 454. The van der Waals surface area contributed by atoms with Crippen molar-refractivity contribution >= 4 is 5.91 Å². The highest BCUT2D eigenvalue weighted by Gasteiger charge is 2.34. The van der Waals surface area contributed by atoms with Crippen LogP contribution in [0.2, 0.25) is 0 Å². The van der Waals surface area contributed by atoms with Crippen molar-refractivity contribution in [2.45, 2.75) is 38.5 Å². The normalized spacial score (nSPS) is 29.8. The Hall–Kier alpha value is -1.55. The van der Waals surface area contributed by atoms with Crippen molar-refractivity contribution in [2.24, 2.45) is 0 Å². The van der Waals surface area contributed by atoms with Gasteiger partial charge in [0.2, 0.25) is 0 Å². The molecule has 0 aromatic heterocycles. The second-order valence-corrected chi connectivity index (χ2v) is 5.63.